The minimum absolute atomic E-state index is 0. The van der Waals surface area contributed by atoms with E-state index < -0.39 is 0 Å². The van der Waals surface area contributed by atoms with Gasteiger partial charge in [0.05, 0.1) is 6.61 Å². The molecule has 90 valence electrons. The van der Waals surface area contributed by atoms with Crippen molar-refractivity contribution in [1.82, 2.24) is 5.32 Å². The van der Waals surface area contributed by atoms with Crippen molar-refractivity contribution in [2.24, 2.45) is 0 Å². The minimum Gasteiger partial charge on any atom is -0.361 e. The second-order valence-corrected chi connectivity index (χ2v) is 5.48. The molecule has 1 aromatic rings. The van der Waals surface area contributed by atoms with Gasteiger partial charge in [0.2, 0.25) is 0 Å². The van der Waals surface area contributed by atoms with Crippen LogP contribution in [-0.2, 0) is 11.2 Å². The van der Waals surface area contributed by atoms with Crippen molar-refractivity contribution < 1.29 is 4.74 Å². The van der Waals surface area contributed by atoms with Crippen LogP contribution in [0.2, 0.25) is 0 Å². The SMILES string of the molecule is CC1(C)COC(Cc2ccccc2Br)N1.Cl. The van der Waals surface area contributed by atoms with E-state index in [-0.39, 0.29) is 24.2 Å². The number of rotatable bonds is 2. The molecule has 1 saturated heterocycles. The van der Waals surface area contributed by atoms with Gasteiger partial charge in [0.1, 0.15) is 6.23 Å². The molecule has 0 aliphatic carbocycles. The van der Waals surface area contributed by atoms with Crippen LogP contribution in [-0.4, -0.2) is 18.4 Å². The van der Waals surface area contributed by atoms with E-state index in [0.29, 0.717) is 0 Å². The standard InChI is InChI=1S/C12H16BrNO.ClH/c1-12(2)8-15-11(14-12)7-9-5-3-4-6-10(9)13;/h3-6,11,14H,7-8H2,1-2H3;1H. The monoisotopic (exact) mass is 305 g/mol. The number of hydrogen-bond donors (Lipinski definition) is 1. The molecule has 1 aromatic carbocycles. The van der Waals surface area contributed by atoms with E-state index in [1.54, 1.807) is 0 Å². The zero-order valence-electron chi connectivity index (χ0n) is 9.50. The van der Waals surface area contributed by atoms with Gasteiger partial charge in [-0.15, -0.1) is 12.4 Å². The smallest absolute Gasteiger partial charge is 0.112 e. The molecule has 2 rings (SSSR count). The second kappa shape index (κ2) is 5.50. The topological polar surface area (TPSA) is 21.3 Å². The highest BCUT2D eigenvalue weighted by molar-refractivity contribution is 9.10. The quantitative estimate of drug-likeness (QED) is 0.906. The van der Waals surface area contributed by atoms with Crippen LogP contribution in [0.1, 0.15) is 19.4 Å². The third-order valence-electron chi connectivity index (χ3n) is 2.56. The molecule has 1 unspecified atom stereocenters. The van der Waals surface area contributed by atoms with Gasteiger partial charge in [-0.05, 0) is 25.5 Å². The van der Waals surface area contributed by atoms with E-state index in [2.05, 4.69) is 53.3 Å². The van der Waals surface area contributed by atoms with Crippen LogP contribution < -0.4 is 5.32 Å². The van der Waals surface area contributed by atoms with Crippen LogP contribution in [0.25, 0.3) is 0 Å². The van der Waals surface area contributed by atoms with Gasteiger partial charge in [-0.3, -0.25) is 5.32 Å². The van der Waals surface area contributed by atoms with Crippen molar-refractivity contribution in [2.45, 2.75) is 32.0 Å². The lowest BCUT2D eigenvalue weighted by Gasteiger charge is -2.17. The lowest BCUT2D eigenvalue weighted by molar-refractivity contribution is 0.0986. The van der Waals surface area contributed by atoms with Crippen LogP contribution in [0.4, 0.5) is 0 Å². The zero-order chi connectivity index (χ0) is 10.9. The van der Waals surface area contributed by atoms with Gasteiger partial charge in [-0.2, -0.15) is 0 Å². The van der Waals surface area contributed by atoms with Crippen molar-refractivity contribution >= 4 is 28.3 Å². The summed E-state index contributed by atoms with van der Waals surface area (Å²) in [5.74, 6) is 0. The van der Waals surface area contributed by atoms with Gasteiger partial charge in [0.15, 0.2) is 0 Å². The molecule has 1 aliphatic heterocycles. The van der Waals surface area contributed by atoms with E-state index in [0.717, 1.165) is 17.5 Å². The lowest BCUT2D eigenvalue weighted by atomic mass is 10.1. The Labute approximate surface area is 111 Å². The molecule has 1 N–H and O–H groups in total. The Morgan fingerprint density at radius 1 is 1.44 bits per heavy atom. The fraction of sp³-hybridized carbons (Fsp3) is 0.500. The summed E-state index contributed by atoms with van der Waals surface area (Å²) in [4.78, 5) is 0. The first-order valence-corrected chi connectivity index (χ1v) is 5.99. The highest BCUT2D eigenvalue weighted by Crippen LogP contribution is 2.21. The Bertz CT molecular complexity index is 357. The first kappa shape index (κ1) is 14.0. The summed E-state index contributed by atoms with van der Waals surface area (Å²) >= 11 is 3.55. The molecule has 1 heterocycles. The van der Waals surface area contributed by atoms with Crippen molar-refractivity contribution in [1.29, 1.82) is 0 Å². The van der Waals surface area contributed by atoms with Crippen LogP contribution >= 0.6 is 28.3 Å². The third kappa shape index (κ3) is 3.45. The second-order valence-electron chi connectivity index (χ2n) is 4.62. The first-order valence-electron chi connectivity index (χ1n) is 5.19. The van der Waals surface area contributed by atoms with E-state index in [4.69, 9.17) is 4.74 Å². The molecule has 0 spiro atoms. The van der Waals surface area contributed by atoms with Crippen molar-refractivity contribution in [3.63, 3.8) is 0 Å². The average molecular weight is 307 g/mol. The maximum Gasteiger partial charge on any atom is 0.112 e. The minimum atomic E-state index is 0. The summed E-state index contributed by atoms with van der Waals surface area (Å²) in [6, 6.07) is 8.27. The van der Waals surface area contributed by atoms with E-state index in [1.807, 2.05) is 6.07 Å². The molecule has 1 atom stereocenters. The van der Waals surface area contributed by atoms with Gasteiger partial charge >= 0.3 is 0 Å². The van der Waals surface area contributed by atoms with E-state index in [1.165, 1.54) is 5.56 Å². The van der Waals surface area contributed by atoms with Crippen LogP contribution in [0.3, 0.4) is 0 Å². The molecule has 0 amide bonds. The average Bonchev–Trinajstić information content (AvgIpc) is 2.50. The molecule has 0 bridgehead atoms. The van der Waals surface area contributed by atoms with Gasteiger partial charge in [0, 0.05) is 16.4 Å². The Kier molecular flexibility index (Phi) is 4.80. The molecule has 4 heteroatoms. The normalized spacial score (nSPS) is 22.8. The predicted molar refractivity (Wildman–Crippen MR) is 72.0 cm³/mol. The van der Waals surface area contributed by atoms with Crippen LogP contribution in [0.15, 0.2) is 28.7 Å². The fourth-order valence-electron chi connectivity index (χ4n) is 1.80. The predicted octanol–water partition coefficient (Wildman–Crippen LogP) is 3.14. The molecular weight excluding hydrogens is 289 g/mol. The molecular formula is C12H17BrClNO. The zero-order valence-corrected chi connectivity index (χ0v) is 11.9. The summed E-state index contributed by atoms with van der Waals surface area (Å²) in [5.41, 5.74) is 1.39. The van der Waals surface area contributed by atoms with E-state index >= 15 is 0 Å². The molecule has 1 aliphatic rings. The fourth-order valence-corrected chi connectivity index (χ4v) is 2.25. The first-order chi connectivity index (χ1) is 7.07. The van der Waals surface area contributed by atoms with Gasteiger partial charge < -0.3 is 4.74 Å². The summed E-state index contributed by atoms with van der Waals surface area (Å²) in [7, 11) is 0. The van der Waals surface area contributed by atoms with Crippen LogP contribution in [0.5, 0.6) is 0 Å². The Morgan fingerprint density at radius 3 is 2.69 bits per heavy atom. The Hall–Kier alpha value is -0.0900. The Balaban J connectivity index is 0.00000128. The maximum atomic E-state index is 5.70. The summed E-state index contributed by atoms with van der Waals surface area (Å²) in [6.45, 7) is 5.10. The molecule has 0 radical (unpaired) electrons. The maximum absolute atomic E-state index is 5.70. The van der Waals surface area contributed by atoms with Crippen LogP contribution in [0, 0.1) is 0 Å². The largest absolute Gasteiger partial charge is 0.361 e. The summed E-state index contributed by atoms with van der Waals surface area (Å²) in [6.07, 6.45) is 1.05. The molecule has 1 fully saturated rings. The van der Waals surface area contributed by atoms with Gasteiger partial charge in [-0.1, -0.05) is 34.1 Å². The van der Waals surface area contributed by atoms with Gasteiger partial charge in [-0.25, -0.2) is 0 Å². The number of benzene rings is 1. The van der Waals surface area contributed by atoms with Crippen molar-refractivity contribution in [3.8, 4) is 0 Å². The highest BCUT2D eigenvalue weighted by atomic mass is 79.9. The van der Waals surface area contributed by atoms with Crippen molar-refractivity contribution in [3.05, 3.63) is 34.3 Å². The molecule has 16 heavy (non-hydrogen) atoms. The van der Waals surface area contributed by atoms with E-state index in [9.17, 15) is 0 Å². The summed E-state index contributed by atoms with van der Waals surface area (Å²) < 4.78 is 6.85. The number of nitrogens with one attached hydrogen (secondary N) is 1. The number of halogens is 2. The molecule has 0 aromatic heterocycles. The highest BCUT2D eigenvalue weighted by Gasteiger charge is 2.30. The number of hydrogen-bond acceptors (Lipinski definition) is 2. The molecule has 2 nitrogen and oxygen atoms in total. The molecule has 0 saturated carbocycles. The van der Waals surface area contributed by atoms with Crippen molar-refractivity contribution in [2.75, 3.05) is 6.61 Å². The van der Waals surface area contributed by atoms with Gasteiger partial charge in [0.25, 0.3) is 0 Å². The third-order valence-corrected chi connectivity index (χ3v) is 3.33. The Morgan fingerprint density at radius 2 is 2.12 bits per heavy atom. The lowest BCUT2D eigenvalue weighted by Crippen LogP contribution is -2.39. The number of ether oxygens (including phenoxy) is 1. The summed E-state index contributed by atoms with van der Waals surface area (Å²) in [5, 5.41) is 3.46.